The molecule has 0 bridgehead atoms. The predicted octanol–water partition coefficient (Wildman–Crippen LogP) is 4.18. The fourth-order valence-electron chi connectivity index (χ4n) is 2.65. The fraction of sp³-hybridized carbons (Fsp3) is 0.0870. The van der Waals surface area contributed by atoms with E-state index in [0.717, 1.165) is 5.56 Å². The topological polar surface area (TPSA) is 76.5 Å². The molecule has 1 heterocycles. The van der Waals surface area contributed by atoms with E-state index in [1.54, 1.807) is 42.6 Å². The standard InChI is InChI=1S/C23H19NO4/c25-21(20-9-4-8-18(14-20)15-22(26)27)12-11-19-10-5-13-24-23(19)28-16-17-6-2-1-3-7-17/h1-14H,15-16H2,(H,26,27). The molecule has 0 aliphatic rings. The molecule has 0 unspecified atom stereocenters. The monoisotopic (exact) mass is 373 g/mol. The summed E-state index contributed by atoms with van der Waals surface area (Å²) < 4.78 is 5.79. The molecule has 5 nitrogen and oxygen atoms in total. The van der Waals surface area contributed by atoms with Crippen molar-refractivity contribution in [2.24, 2.45) is 0 Å². The number of carboxylic acid groups (broad SMARTS) is 1. The normalized spacial score (nSPS) is 10.7. The zero-order valence-electron chi connectivity index (χ0n) is 15.1. The minimum atomic E-state index is -0.935. The molecule has 0 atom stereocenters. The van der Waals surface area contributed by atoms with Crippen LogP contribution in [0.1, 0.15) is 27.0 Å². The zero-order valence-corrected chi connectivity index (χ0v) is 15.1. The van der Waals surface area contributed by atoms with E-state index < -0.39 is 5.97 Å². The van der Waals surface area contributed by atoms with Crippen LogP contribution in [0, 0.1) is 0 Å². The van der Waals surface area contributed by atoms with E-state index in [1.807, 2.05) is 36.4 Å². The molecular formula is C23H19NO4. The van der Waals surface area contributed by atoms with Gasteiger partial charge < -0.3 is 9.84 Å². The summed E-state index contributed by atoms with van der Waals surface area (Å²) in [5.41, 5.74) is 2.73. The highest BCUT2D eigenvalue weighted by Gasteiger charge is 2.07. The molecule has 1 aromatic heterocycles. The summed E-state index contributed by atoms with van der Waals surface area (Å²) in [7, 11) is 0. The second-order valence-electron chi connectivity index (χ2n) is 6.14. The lowest BCUT2D eigenvalue weighted by Crippen LogP contribution is -2.02. The van der Waals surface area contributed by atoms with Crippen molar-refractivity contribution < 1.29 is 19.4 Å². The maximum absolute atomic E-state index is 12.5. The third-order valence-corrected chi connectivity index (χ3v) is 4.00. The van der Waals surface area contributed by atoms with Crippen LogP contribution in [0.4, 0.5) is 0 Å². The molecule has 0 spiro atoms. The van der Waals surface area contributed by atoms with E-state index >= 15 is 0 Å². The van der Waals surface area contributed by atoms with Gasteiger partial charge in [0.1, 0.15) is 6.61 Å². The molecule has 140 valence electrons. The fourth-order valence-corrected chi connectivity index (χ4v) is 2.65. The van der Waals surface area contributed by atoms with Crippen molar-refractivity contribution in [1.29, 1.82) is 0 Å². The van der Waals surface area contributed by atoms with Gasteiger partial charge in [-0.15, -0.1) is 0 Å². The van der Waals surface area contributed by atoms with Crippen molar-refractivity contribution >= 4 is 17.8 Å². The number of carbonyl (C=O) groups excluding carboxylic acids is 1. The highest BCUT2D eigenvalue weighted by molar-refractivity contribution is 6.07. The van der Waals surface area contributed by atoms with Crippen LogP contribution in [0.3, 0.4) is 0 Å². The number of nitrogens with zero attached hydrogens (tertiary/aromatic N) is 1. The van der Waals surface area contributed by atoms with Crippen molar-refractivity contribution in [1.82, 2.24) is 4.98 Å². The second kappa shape index (κ2) is 9.28. The highest BCUT2D eigenvalue weighted by Crippen LogP contribution is 2.18. The molecule has 3 aromatic rings. The number of pyridine rings is 1. The van der Waals surface area contributed by atoms with E-state index in [1.165, 1.54) is 6.08 Å². The molecular weight excluding hydrogens is 354 g/mol. The summed E-state index contributed by atoms with van der Waals surface area (Å²) in [6.45, 7) is 0.379. The first-order valence-corrected chi connectivity index (χ1v) is 8.77. The molecule has 0 aliphatic carbocycles. The lowest BCUT2D eigenvalue weighted by molar-refractivity contribution is -0.136. The van der Waals surface area contributed by atoms with Gasteiger partial charge in [-0.25, -0.2) is 4.98 Å². The summed E-state index contributed by atoms with van der Waals surface area (Å²) in [6.07, 6.45) is 4.60. The summed E-state index contributed by atoms with van der Waals surface area (Å²) in [5.74, 6) is -0.712. The highest BCUT2D eigenvalue weighted by atomic mass is 16.5. The summed E-state index contributed by atoms with van der Waals surface area (Å²) in [4.78, 5) is 27.5. The largest absolute Gasteiger partial charge is 0.481 e. The Labute approximate surface area is 162 Å². The first-order chi connectivity index (χ1) is 13.6. The Hall–Kier alpha value is -3.73. The number of aliphatic carboxylic acids is 1. The third kappa shape index (κ3) is 5.38. The Morgan fingerprint density at radius 2 is 1.75 bits per heavy atom. The molecule has 3 rings (SSSR count). The first-order valence-electron chi connectivity index (χ1n) is 8.77. The summed E-state index contributed by atoms with van der Waals surface area (Å²) in [5, 5.41) is 8.89. The van der Waals surface area contributed by atoms with Crippen molar-refractivity contribution in [2.45, 2.75) is 13.0 Å². The van der Waals surface area contributed by atoms with Crippen LogP contribution in [-0.4, -0.2) is 21.8 Å². The molecule has 0 saturated heterocycles. The van der Waals surface area contributed by atoms with E-state index in [0.29, 0.717) is 29.2 Å². The third-order valence-electron chi connectivity index (χ3n) is 4.00. The molecule has 0 saturated carbocycles. The van der Waals surface area contributed by atoms with Crippen LogP contribution < -0.4 is 4.74 Å². The summed E-state index contributed by atoms with van der Waals surface area (Å²) >= 11 is 0. The van der Waals surface area contributed by atoms with Crippen molar-refractivity contribution in [3.63, 3.8) is 0 Å². The second-order valence-corrected chi connectivity index (χ2v) is 6.14. The lowest BCUT2D eigenvalue weighted by Gasteiger charge is -2.08. The predicted molar refractivity (Wildman–Crippen MR) is 106 cm³/mol. The lowest BCUT2D eigenvalue weighted by atomic mass is 10.0. The molecule has 5 heteroatoms. The number of benzene rings is 2. The first kappa shape index (κ1) is 19.0. The minimum absolute atomic E-state index is 0.120. The number of ketones is 1. The SMILES string of the molecule is O=C(O)Cc1cccc(C(=O)C=Cc2cccnc2OCc2ccccc2)c1. The minimum Gasteiger partial charge on any atom is -0.481 e. The Kier molecular flexibility index (Phi) is 6.31. The van der Waals surface area contributed by atoms with Gasteiger partial charge in [-0.05, 0) is 41.5 Å². The van der Waals surface area contributed by atoms with Crippen LogP contribution in [0.5, 0.6) is 5.88 Å². The Bertz CT molecular complexity index is 996. The molecule has 0 aliphatic heterocycles. The van der Waals surface area contributed by atoms with Gasteiger partial charge >= 0.3 is 5.97 Å². The van der Waals surface area contributed by atoms with E-state index in [-0.39, 0.29) is 12.2 Å². The van der Waals surface area contributed by atoms with E-state index in [2.05, 4.69) is 4.98 Å². The molecule has 0 amide bonds. The van der Waals surface area contributed by atoms with Crippen molar-refractivity contribution in [2.75, 3.05) is 0 Å². The van der Waals surface area contributed by atoms with Crippen LogP contribution in [0.25, 0.3) is 6.08 Å². The smallest absolute Gasteiger partial charge is 0.307 e. The van der Waals surface area contributed by atoms with Gasteiger partial charge in [-0.1, -0.05) is 48.5 Å². The Morgan fingerprint density at radius 1 is 0.964 bits per heavy atom. The van der Waals surface area contributed by atoms with Crippen LogP contribution in [-0.2, 0) is 17.8 Å². The summed E-state index contributed by atoms with van der Waals surface area (Å²) in [6, 6.07) is 20.0. The van der Waals surface area contributed by atoms with Crippen molar-refractivity contribution in [3.8, 4) is 5.88 Å². The quantitative estimate of drug-likeness (QED) is 0.473. The van der Waals surface area contributed by atoms with Crippen LogP contribution in [0.15, 0.2) is 79.0 Å². The van der Waals surface area contributed by atoms with Crippen molar-refractivity contribution in [3.05, 3.63) is 101 Å². The number of carboxylic acids is 1. The van der Waals surface area contributed by atoms with Gasteiger partial charge in [0, 0.05) is 17.3 Å². The van der Waals surface area contributed by atoms with Gasteiger partial charge in [0.15, 0.2) is 5.78 Å². The van der Waals surface area contributed by atoms with Gasteiger partial charge in [-0.2, -0.15) is 0 Å². The maximum atomic E-state index is 12.5. The molecule has 0 radical (unpaired) electrons. The molecule has 1 N–H and O–H groups in total. The molecule has 2 aromatic carbocycles. The number of hydrogen-bond donors (Lipinski definition) is 1. The average Bonchev–Trinajstić information content (AvgIpc) is 2.71. The maximum Gasteiger partial charge on any atom is 0.307 e. The number of hydrogen-bond acceptors (Lipinski definition) is 4. The van der Waals surface area contributed by atoms with E-state index in [9.17, 15) is 9.59 Å². The van der Waals surface area contributed by atoms with Gasteiger partial charge in [0.05, 0.1) is 6.42 Å². The Balaban J connectivity index is 1.72. The number of ether oxygens (including phenoxy) is 1. The van der Waals surface area contributed by atoms with E-state index in [4.69, 9.17) is 9.84 Å². The number of rotatable bonds is 8. The van der Waals surface area contributed by atoms with Gasteiger partial charge in [-0.3, -0.25) is 9.59 Å². The molecule has 0 fully saturated rings. The van der Waals surface area contributed by atoms with Crippen LogP contribution >= 0.6 is 0 Å². The Morgan fingerprint density at radius 3 is 2.54 bits per heavy atom. The number of allylic oxidation sites excluding steroid dienone is 1. The van der Waals surface area contributed by atoms with Gasteiger partial charge in [0.25, 0.3) is 0 Å². The number of aromatic nitrogens is 1. The van der Waals surface area contributed by atoms with Crippen LogP contribution in [0.2, 0.25) is 0 Å². The number of carbonyl (C=O) groups is 2. The zero-order chi connectivity index (χ0) is 19.8. The average molecular weight is 373 g/mol. The van der Waals surface area contributed by atoms with Gasteiger partial charge in [0.2, 0.25) is 5.88 Å². The molecule has 28 heavy (non-hydrogen) atoms.